The van der Waals surface area contributed by atoms with Crippen LogP contribution in [0.25, 0.3) is 0 Å². The van der Waals surface area contributed by atoms with Crippen molar-refractivity contribution in [1.29, 1.82) is 0 Å². The minimum absolute atomic E-state index is 0.0734. The summed E-state index contributed by atoms with van der Waals surface area (Å²) in [6, 6.07) is 0. The fourth-order valence-electron chi connectivity index (χ4n) is 1.32. The smallest absolute Gasteiger partial charge is 0.333 e. The van der Waals surface area contributed by atoms with Crippen LogP contribution in [0.15, 0.2) is 0 Å². The number of aliphatic hydroxyl groups is 1. The van der Waals surface area contributed by atoms with Crippen molar-refractivity contribution in [1.82, 2.24) is 0 Å². The molecule has 0 amide bonds. The summed E-state index contributed by atoms with van der Waals surface area (Å²) in [5, 5.41) is 17.3. The molecule has 5 heteroatoms. The predicted molar refractivity (Wildman–Crippen MR) is 35.9 cm³/mol. The maximum atomic E-state index is 12.8. The van der Waals surface area contributed by atoms with Gasteiger partial charge in [-0.3, -0.25) is 0 Å². The van der Waals surface area contributed by atoms with Gasteiger partial charge in [0.05, 0.1) is 5.41 Å². The third-order valence-corrected chi connectivity index (χ3v) is 2.42. The molecule has 3 nitrogen and oxygen atoms in total. The Morgan fingerprint density at radius 1 is 1.58 bits per heavy atom. The first-order valence-electron chi connectivity index (χ1n) is 3.60. The van der Waals surface area contributed by atoms with Crippen LogP contribution in [0.1, 0.15) is 19.8 Å². The van der Waals surface area contributed by atoms with E-state index < -0.39 is 23.4 Å². The molecule has 1 atom stereocenters. The summed E-state index contributed by atoms with van der Waals surface area (Å²) in [4.78, 5) is 10.2. The van der Waals surface area contributed by atoms with Gasteiger partial charge in [-0.2, -0.15) is 0 Å². The molecule has 12 heavy (non-hydrogen) atoms. The lowest BCUT2D eigenvalue weighted by Crippen LogP contribution is -2.41. The topological polar surface area (TPSA) is 57.5 Å². The molecule has 0 aromatic carbocycles. The molecule has 0 saturated heterocycles. The molecule has 1 rings (SSSR count). The van der Waals surface area contributed by atoms with Crippen LogP contribution >= 0.6 is 0 Å². The third-order valence-electron chi connectivity index (χ3n) is 2.42. The molecule has 1 aliphatic rings. The highest BCUT2D eigenvalue weighted by Crippen LogP contribution is 2.59. The van der Waals surface area contributed by atoms with E-state index in [2.05, 4.69) is 0 Å². The Bertz CT molecular complexity index is 205. The van der Waals surface area contributed by atoms with Crippen LogP contribution in [0.5, 0.6) is 0 Å². The predicted octanol–water partition coefficient (Wildman–Crippen LogP) is 0.867. The quantitative estimate of drug-likeness (QED) is 0.677. The SMILES string of the molecule is CC(F)(F)C1(C(O)C(=O)O)CC1. The maximum Gasteiger partial charge on any atom is 0.333 e. The maximum absolute atomic E-state index is 12.8. The number of rotatable bonds is 3. The summed E-state index contributed by atoms with van der Waals surface area (Å²) < 4.78 is 25.5. The van der Waals surface area contributed by atoms with Gasteiger partial charge >= 0.3 is 5.97 Å². The van der Waals surface area contributed by atoms with Crippen molar-refractivity contribution in [2.24, 2.45) is 5.41 Å². The minimum atomic E-state index is -3.12. The first kappa shape index (κ1) is 9.38. The highest BCUT2D eigenvalue weighted by atomic mass is 19.3. The first-order chi connectivity index (χ1) is 5.31. The van der Waals surface area contributed by atoms with E-state index in [-0.39, 0.29) is 12.8 Å². The monoisotopic (exact) mass is 180 g/mol. The number of hydrogen-bond donors (Lipinski definition) is 2. The Kier molecular flexibility index (Phi) is 1.87. The van der Waals surface area contributed by atoms with E-state index in [0.29, 0.717) is 6.92 Å². The van der Waals surface area contributed by atoms with Crippen molar-refractivity contribution in [3.8, 4) is 0 Å². The number of halogens is 2. The lowest BCUT2D eigenvalue weighted by Gasteiger charge is -2.25. The Morgan fingerprint density at radius 3 is 2.08 bits per heavy atom. The van der Waals surface area contributed by atoms with E-state index in [9.17, 15) is 13.6 Å². The molecule has 2 N–H and O–H groups in total. The molecule has 1 saturated carbocycles. The van der Waals surface area contributed by atoms with Crippen LogP contribution in [-0.2, 0) is 4.79 Å². The summed E-state index contributed by atoms with van der Waals surface area (Å²) in [5.74, 6) is -4.70. The zero-order chi connectivity index (χ0) is 9.57. The average Bonchev–Trinajstić information content (AvgIpc) is 2.62. The van der Waals surface area contributed by atoms with Crippen molar-refractivity contribution < 1.29 is 23.8 Å². The van der Waals surface area contributed by atoms with E-state index in [1.165, 1.54) is 0 Å². The van der Waals surface area contributed by atoms with Gasteiger partial charge in [0.2, 0.25) is 0 Å². The van der Waals surface area contributed by atoms with Crippen LogP contribution in [0.2, 0.25) is 0 Å². The number of carboxylic acid groups (broad SMARTS) is 1. The fourth-order valence-corrected chi connectivity index (χ4v) is 1.32. The third kappa shape index (κ3) is 1.18. The standard InChI is InChI=1S/C7H10F2O3/c1-6(8,9)7(2-3-7)4(10)5(11)12/h4,10H,2-3H2,1H3,(H,11,12). The molecular formula is C7H10F2O3. The molecule has 0 aliphatic heterocycles. The molecule has 0 aromatic rings. The van der Waals surface area contributed by atoms with Gasteiger partial charge in [0.15, 0.2) is 6.10 Å². The summed E-state index contributed by atoms with van der Waals surface area (Å²) in [7, 11) is 0. The normalized spacial score (nSPS) is 23.3. The Labute approximate surface area is 68.0 Å². The van der Waals surface area contributed by atoms with E-state index >= 15 is 0 Å². The van der Waals surface area contributed by atoms with Gasteiger partial charge in [0.1, 0.15) is 0 Å². The second-order valence-electron chi connectivity index (χ2n) is 3.29. The Morgan fingerprint density at radius 2 is 2.00 bits per heavy atom. The van der Waals surface area contributed by atoms with Crippen LogP contribution in [0.3, 0.4) is 0 Å². The molecular weight excluding hydrogens is 170 g/mol. The first-order valence-corrected chi connectivity index (χ1v) is 3.60. The minimum Gasteiger partial charge on any atom is -0.479 e. The molecule has 0 aromatic heterocycles. The van der Waals surface area contributed by atoms with E-state index in [0.717, 1.165) is 0 Å². The van der Waals surface area contributed by atoms with Crippen molar-refractivity contribution >= 4 is 5.97 Å². The van der Waals surface area contributed by atoms with E-state index in [1.807, 2.05) is 0 Å². The van der Waals surface area contributed by atoms with Gasteiger partial charge < -0.3 is 10.2 Å². The second kappa shape index (κ2) is 2.39. The Hall–Kier alpha value is -0.710. The van der Waals surface area contributed by atoms with Crippen LogP contribution in [0.4, 0.5) is 8.78 Å². The zero-order valence-corrected chi connectivity index (χ0v) is 6.55. The zero-order valence-electron chi connectivity index (χ0n) is 6.55. The molecule has 0 heterocycles. The molecule has 0 bridgehead atoms. The number of alkyl halides is 2. The van der Waals surface area contributed by atoms with Crippen LogP contribution < -0.4 is 0 Å². The van der Waals surface area contributed by atoms with Gasteiger partial charge in [-0.15, -0.1) is 0 Å². The average molecular weight is 180 g/mol. The molecule has 1 unspecified atom stereocenters. The number of aliphatic hydroxyl groups excluding tert-OH is 1. The molecule has 1 aliphatic carbocycles. The van der Waals surface area contributed by atoms with Crippen LogP contribution in [-0.4, -0.2) is 28.2 Å². The van der Waals surface area contributed by atoms with E-state index in [4.69, 9.17) is 10.2 Å². The van der Waals surface area contributed by atoms with E-state index in [1.54, 1.807) is 0 Å². The summed E-state index contributed by atoms with van der Waals surface area (Å²) in [6.45, 7) is 0.645. The summed E-state index contributed by atoms with van der Waals surface area (Å²) in [5.41, 5.74) is -1.71. The molecule has 1 fully saturated rings. The number of carbonyl (C=O) groups is 1. The van der Waals surface area contributed by atoms with Crippen LogP contribution in [0, 0.1) is 5.41 Å². The van der Waals surface area contributed by atoms with Crippen molar-refractivity contribution in [2.45, 2.75) is 31.8 Å². The van der Waals surface area contributed by atoms with Crippen molar-refractivity contribution in [2.75, 3.05) is 0 Å². The van der Waals surface area contributed by atoms with Gasteiger partial charge in [0.25, 0.3) is 5.92 Å². The van der Waals surface area contributed by atoms with Crippen molar-refractivity contribution in [3.63, 3.8) is 0 Å². The van der Waals surface area contributed by atoms with Crippen molar-refractivity contribution in [3.05, 3.63) is 0 Å². The number of hydrogen-bond acceptors (Lipinski definition) is 2. The van der Waals surface area contributed by atoms with Gasteiger partial charge in [0, 0.05) is 6.92 Å². The Balaban J connectivity index is 2.80. The summed E-state index contributed by atoms with van der Waals surface area (Å²) >= 11 is 0. The molecule has 70 valence electrons. The number of carboxylic acids is 1. The molecule has 0 radical (unpaired) electrons. The highest BCUT2D eigenvalue weighted by Gasteiger charge is 2.65. The highest BCUT2D eigenvalue weighted by molar-refractivity contribution is 5.74. The lowest BCUT2D eigenvalue weighted by molar-refractivity contribution is -0.165. The van der Waals surface area contributed by atoms with Gasteiger partial charge in [-0.05, 0) is 12.8 Å². The van der Waals surface area contributed by atoms with Gasteiger partial charge in [-0.1, -0.05) is 0 Å². The van der Waals surface area contributed by atoms with Gasteiger partial charge in [-0.25, -0.2) is 13.6 Å². The number of aliphatic carboxylic acids is 1. The fraction of sp³-hybridized carbons (Fsp3) is 0.857. The lowest BCUT2D eigenvalue weighted by atomic mass is 9.92. The molecule has 0 spiro atoms. The largest absolute Gasteiger partial charge is 0.479 e. The second-order valence-corrected chi connectivity index (χ2v) is 3.29. The summed E-state index contributed by atoms with van der Waals surface area (Å²) in [6.07, 6.45) is -1.80.